The van der Waals surface area contributed by atoms with Gasteiger partial charge in [0.2, 0.25) is 0 Å². The van der Waals surface area contributed by atoms with Crippen molar-refractivity contribution in [2.24, 2.45) is 7.05 Å². The number of rotatable bonds is 6. The Morgan fingerprint density at radius 3 is 2.46 bits per heavy atom. The van der Waals surface area contributed by atoms with E-state index in [1.165, 1.54) is 24.3 Å². The van der Waals surface area contributed by atoms with Crippen LogP contribution in [0.25, 0.3) is 11.3 Å². The molecule has 3 amide bonds. The number of ether oxygens (including phenoxy) is 2. The summed E-state index contributed by atoms with van der Waals surface area (Å²) >= 11 is 0. The largest absolute Gasteiger partial charge is 0.491 e. The molecule has 0 bridgehead atoms. The van der Waals surface area contributed by atoms with Crippen LogP contribution in [0.15, 0.2) is 54.7 Å². The molecule has 0 saturated carbocycles. The molecular weight excluding hydrogens is 477 g/mol. The van der Waals surface area contributed by atoms with Crippen LogP contribution in [-0.2, 0) is 11.8 Å². The molecule has 1 saturated heterocycles. The summed E-state index contributed by atoms with van der Waals surface area (Å²) in [7, 11) is 1.82. The molecule has 0 radical (unpaired) electrons. The van der Waals surface area contributed by atoms with Gasteiger partial charge in [-0.25, -0.2) is 14.0 Å². The van der Waals surface area contributed by atoms with Crippen molar-refractivity contribution in [1.29, 1.82) is 0 Å². The highest BCUT2D eigenvalue weighted by Crippen LogP contribution is 2.33. The summed E-state index contributed by atoms with van der Waals surface area (Å²) in [5.41, 5.74) is 1.98. The molecule has 2 N–H and O–H groups in total. The number of nitrogens with zero attached hydrogens (tertiary/aromatic N) is 3. The molecule has 1 aliphatic heterocycles. The average molecular weight is 510 g/mol. The highest BCUT2D eigenvalue weighted by Gasteiger charge is 2.32. The third-order valence-electron chi connectivity index (χ3n) is 5.87. The molecule has 37 heavy (non-hydrogen) atoms. The number of anilines is 2. The fourth-order valence-corrected chi connectivity index (χ4v) is 4.15. The predicted molar refractivity (Wildman–Crippen MR) is 139 cm³/mol. The monoisotopic (exact) mass is 509 g/mol. The van der Waals surface area contributed by atoms with E-state index in [9.17, 15) is 14.0 Å². The summed E-state index contributed by atoms with van der Waals surface area (Å²) in [5.74, 6) is 0.221. The quantitative estimate of drug-likeness (QED) is 0.448. The molecule has 10 heteroatoms. The van der Waals surface area contributed by atoms with Gasteiger partial charge >= 0.3 is 12.1 Å². The predicted octanol–water partition coefficient (Wildman–Crippen LogP) is 5.65. The maximum atomic E-state index is 13.1. The standard InChI is InChI=1S/C27H32FN5O4/c1-27(2,3)37-26(35)33-15-5-6-21(33)17-36-24-12-11-20(16-22(24)23-13-14-29-32(23)4)31-25(34)30-19-9-7-18(28)8-10-19/h7-14,16,21H,5-6,15,17H2,1-4H3,(H2,30,31,34). The number of nitrogens with one attached hydrogen (secondary N) is 2. The van der Waals surface area contributed by atoms with Gasteiger partial charge < -0.3 is 25.0 Å². The molecule has 4 rings (SSSR count). The summed E-state index contributed by atoms with van der Waals surface area (Å²) in [6.45, 7) is 6.48. The van der Waals surface area contributed by atoms with Gasteiger partial charge in [0.15, 0.2) is 0 Å². The van der Waals surface area contributed by atoms with Crippen molar-refractivity contribution in [3.05, 3.63) is 60.5 Å². The Labute approximate surface area is 215 Å². The van der Waals surface area contributed by atoms with Crippen LogP contribution in [0, 0.1) is 5.82 Å². The molecule has 1 aromatic heterocycles. The Morgan fingerprint density at radius 1 is 1.08 bits per heavy atom. The first-order valence-electron chi connectivity index (χ1n) is 12.2. The van der Waals surface area contributed by atoms with E-state index < -0.39 is 11.6 Å². The summed E-state index contributed by atoms with van der Waals surface area (Å²) in [6, 6.07) is 12.1. The smallest absolute Gasteiger partial charge is 0.410 e. The number of urea groups is 1. The molecule has 1 fully saturated rings. The molecule has 196 valence electrons. The third kappa shape index (κ3) is 6.78. The Bertz CT molecular complexity index is 1250. The van der Waals surface area contributed by atoms with Crippen molar-refractivity contribution < 1.29 is 23.5 Å². The minimum Gasteiger partial charge on any atom is -0.491 e. The zero-order valence-corrected chi connectivity index (χ0v) is 21.5. The number of carbonyl (C=O) groups is 2. The number of amides is 3. The van der Waals surface area contributed by atoms with Gasteiger partial charge in [-0.3, -0.25) is 4.68 Å². The number of benzene rings is 2. The maximum absolute atomic E-state index is 13.1. The topological polar surface area (TPSA) is 97.7 Å². The molecule has 2 aromatic carbocycles. The number of aromatic nitrogens is 2. The number of halogens is 1. The Morgan fingerprint density at radius 2 is 1.78 bits per heavy atom. The van der Waals surface area contributed by atoms with Crippen molar-refractivity contribution in [2.75, 3.05) is 23.8 Å². The van der Waals surface area contributed by atoms with Gasteiger partial charge in [0, 0.05) is 36.7 Å². The van der Waals surface area contributed by atoms with Gasteiger partial charge in [-0.05, 0) is 82.1 Å². The molecule has 0 aliphatic carbocycles. The lowest BCUT2D eigenvalue weighted by Gasteiger charge is -2.28. The van der Waals surface area contributed by atoms with E-state index in [0.29, 0.717) is 30.3 Å². The van der Waals surface area contributed by atoms with Crippen LogP contribution in [0.3, 0.4) is 0 Å². The fraction of sp³-hybridized carbons (Fsp3) is 0.370. The molecule has 9 nitrogen and oxygen atoms in total. The second-order valence-electron chi connectivity index (χ2n) is 9.92. The van der Waals surface area contributed by atoms with Gasteiger partial charge in [0.25, 0.3) is 0 Å². The van der Waals surface area contributed by atoms with Crippen LogP contribution in [0.1, 0.15) is 33.6 Å². The van der Waals surface area contributed by atoms with Gasteiger partial charge in [-0.1, -0.05) is 0 Å². The van der Waals surface area contributed by atoms with Gasteiger partial charge in [0.1, 0.15) is 23.8 Å². The molecule has 0 spiro atoms. The van der Waals surface area contributed by atoms with E-state index in [0.717, 1.165) is 24.1 Å². The normalized spacial score (nSPS) is 15.4. The number of hydrogen-bond donors (Lipinski definition) is 2. The van der Waals surface area contributed by atoms with Gasteiger partial charge in [0.05, 0.1) is 11.7 Å². The molecule has 3 aromatic rings. The van der Waals surface area contributed by atoms with E-state index in [1.54, 1.807) is 34.0 Å². The van der Waals surface area contributed by atoms with Crippen molar-refractivity contribution in [1.82, 2.24) is 14.7 Å². The van der Waals surface area contributed by atoms with E-state index in [-0.39, 0.29) is 18.0 Å². The Kier molecular flexibility index (Phi) is 7.66. The SMILES string of the molecule is Cn1nccc1-c1cc(NC(=O)Nc2ccc(F)cc2)ccc1OCC1CCCN1C(=O)OC(C)(C)C. The summed E-state index contributed by atoms with van der Waals surface area (Å²) < 4.78 is 26.6. The second-order valence-corrected chi connectivity index (χ2v) is 9.92. The van der Waals surface area contributed by atoms with E-state index >= 15 is 0 Å². The minimum absolute atomic E-state index is 0.103. The molecule has 1 unspecified atom stereocenters. The number of hydrogen-bond acceptors (Lipinski definition) is 5. The molecular formula is C27H32FN5O4. The highest BCUT2D eigenvalue weighted by atomic mass is 19.1. The zero-order valence-electron chi connectivity index (χ0n) is 21.5. The van der Waals surface area contributed by atoms with Gasteiger partial charge in [-0.2, -0.15) is 5.10 Å². The van der Waals surface area contributed by atoms with Crippen LogP contribution in [-0.4, -0.2) is 51.6 Å². The first kappa shape index (κ1) is 26.0. The van der Waals surface area contributed by atoms with Gasteiger partial charge in [-0.15, -0.1) is 0 Å². The Hall–Kier alpha value is -4.08. The lowest BCUT2D eigenvalue weighted by molar-refractivity contribution is 0.0187. The summed E-state index contributed by atoms with van der Waals surface area (Å²) in [6.07, 6.45) is 3.05. The van der Waals surface area contributed by atoms with Crippen molar-refractivity contribution in [2.45, 2.75) is 45.3 Å². The highest BCUT2D eigenvalue weighted by molar-refractivity contribution is 6.00. The third-order valence-corrected chi connectivity index (χ3v) is 5.87. The van der Waals surface area contributed by atoms with Crippen molar-refractivity contribution in [3.63, 3.8) is 0 Å². The first-order chi connectivity index (χ1) is 17.6. The maximum Gasteiger partial charge on any atom is 0.410 e. The van der Waals surface area contributed by atoms with Crippen molar-refractivity contribution in [3.8, 4) is 17.0 Å². The Balaban J connectivity index is 1.49. The van der Waals surface area contributed by atoms with E-state index in [2.05, 4.69) is 15.7 Å². The van der Waals surface area contributed by atoms with E-state index in [4.69, 9.17) is 9.47 Å². The number of likely N-dealkylation sites (tertiary alicyclic amines) is 1. The number of aryl methyl sites for hydroxylation is 1. The van der Waals surface area contributed by atoms with Crippen LogP contribution in [0.5, 0.6) is 5.75 Å². The molecule has 2 heterocycles. The van der Waals surface area contributed by atoms with E-state index in [1.807, 2.05) is 33.9 Å². The summed E-state index contributed by atoms with van der Waals surface area (Å²) in [5, 5.41) is 9.73. The summed E-state index contributed by atoms with van der Waals surface area (Å²) in [4.78, 5) is 26.9. The minimum atomic E-state index is -0.566. The van der Waals surface area contributed by atoms with Crippen LogP contribution in [0.2, 0.25) is 0 Å². The molecule has 1 atom stereocenters. The van der Waals surface area contributed by atoms with Crippen LogP contribution >= 0.6 is 0 Å². The number of carbonyl (C=O) groups excluding carboxylic acids is 2. The lowest BCUT2D eigenvalue weighted by atomic mass is 10.1. The molecule has 1 aliphatic rings. The zero-order chi connectivity index (χ0) is 26.6. The van der Waals surface area contributed by atoms with Crippen LogP contribution < -0.4 is 15.4 Å². The lowest BCUT2D eigenvalue weighted by Crippen LogP contribution is -2.42. The van der Waals surface area contributed by atoms with Crippen LogP contribution in [0.4, 0.5) is 25.4 Å². The second kappa shape index (κ2) is 10.9. The van der Waals surface area contributed by atoms with Crippen molar-refractivity contribution >= 4 is 23.5 Å². The average Bonchev–Trinajstić information content (AvgIpc) is 3.47. The first-order valence-corrected chi connectivity index (χ1v) is 12.2. The fourth-order valence-electron chi connectivity index (χ4n) is 4.15.